The van der Waals surface area contributed by atoms with Crippen molar-refractivity contribution in [1.29, 1.82) is 0 Å². The third-order valence-electron chi connectivity index (χ3n) is 2.98. The summed E-state index contributed by atoms with van der Waals surface area (Å²) in [6.45, 7) is 0.219. The smallest absolute Gasteiger partial charge is 0.270 e. The van der Waals surface area contributed by atoms with E-state index in [0.29, 0.717) is 5.56 Å². The number of amides is 1. The molecule has 0 spiro atoms. The summed E-state index contributed by atoms with van der Waals surface area (Å²) in [5.74, 6) is -0.673. The third-order valence-corrected chi connectivity index (χ3v) is 2.98. The molecule has 1 amide bonds. The molecule has 5 nitrogen and oxygen atoms in total. The number of aromatic nitrogens is 1. The van der Waals surface area contributed by atoms with Crippen molar-refractivity contribution in [3.63, 3.8) is 0 Å². The first kappa shape index (κ1) is 14.8. The molecule has 2 rings (SSSR count). The lowest BCUT2D eigenvalue weighted by molar-refractivity contribution is 0.0779. The van der Waals surface area contributed by atoms with Crippen molar-refractivity contribution in [3.8, 4) is 5.75 Å². The molecule has 21 heavy (non-hydrogen) atoms. The van der Waals surface area contributed by atoms with Crippen LogP contribution in [0.1, 0.15) is 16.1 Å². The van der Waals surface area contributed by atoms with Crippen LogP contribution in [0.2, 0.25) is 0 Å². The second-order valence-electron chi connectivity index (χ2n) is 4.56. The van der Waals surface area contributed by atoms with E-state index in [-0.39, 0.29) is 29.5 Å². The van der Waals surface area contributed by atoms with Crippen LogP contribution in [0.5, 0.6) is 5.75 Å². The van der Waals surface area contributed by atoms with Crippen LogP contribution in [0.4, 0.5) is 4.39 Å². The maximum Gasteiger partial charge on any atom is 0.270 e. The van der Waals surface area contributed by atoms with Crippen LogP contribution in [0, 0.1) is 5.82 Å². The Hall–Kier alpha value is -2.63. The molecule has 0 aliphatic heterocycles. The van der Waals surface area contributed by atoms with Crippen molar-refractivity contribution in [3.05, 3.63) is 63.8 Å². The predicted octanol–water partition coefficient (Wildman–Crippen LogP) is 1.79. The van der Waals surface area contributed by atoms with Gasteiger partial charge in [0.25, 0.3) is 5.91 Å². The molecule has 2 aromatic rings. The summed E-state index contributed by atoms with van der Waals surface area (Å²) in [7, 11) is 2.97. The Kier molecular flexibility index (Phi) is 4.37. The lowest BCUT2D eigenvalue weighted by Crippen LogP contribution is -2.28. The molecular formula is C15H15FN2O3. The van der Waals surface area contributed by atoms with Gasteiger partial charge in [0, 0.05) is 19.7 Å². The molecule has 1 aromatic carbocycles. The molecule has 0 bridgehead atoms. The van der Waals surface area contributed by atoms with Crippen LogP contribution in [0.3, 0.4) is 0 Å². The molecule has 0 saturated carbocycles. The van der Waals surface area contributed by atoms with Gasteiger partial charge in [-0.1, -0.05) is 12.1 Å². The van der Waals surface area contributed by atoms with Crippen LogP contribution in [0.25, 0.3) is 0 Å². The summed E-state index contributed by atoms with van der Waals surface area (Å²) in [6, 6.07) is 8.86. The average molecular weight is 290 g/mol. The average Bonchev–Trinajstić information content (AvgIpc) is 2.46. The minimum Gasteiger partial charge on any atom is -0.494 e. The zero-order valence-electron chi connectivity index (χ0n) is 11.7. The molecule has 0 saturated heterocycles. The van der Waals surface area contributed by atoms with Gasteiger partial charge >= 0.3 is 0 Å². The highest BCUT2D eigenvalue weighted by Gasteiger charge is 2.13. The Labute approximate surface area is 121 Å². The molecule has 110 valence electrons. The van der Waals surface area contributed by atoms with Crippen molar-refractivity contribution in [2.45, 2.75) is 6.54 Å². The van der Waals surface area contributed by atoms with E-state index in [0.717, 1.165) is 0 Å². The zero-order valence-corrected chi connectivity index (χ0v) is 11.7. The van der Waals surface area contributed by atoms with Crippen molar-refractivity contribution >= 4 is 5.91 Å². The zero-order chi connectivity index (χ0) is 15.4. The summed E-state index contributed by atoms with van der Waals surface area (Å²) in [4.78, 5) is 27.2. The number of nitrogens with one attached hydrogen (secondary N) is 1. The van der Waals surface area contributed by atoms with Crippen molar-refractivity contribution in [1.82, 2.24) is 9.88 Å². The number of carbonyl (C=O) groups is 1. The molecule has 0 atom stereocenters. The number of carbonyl (C=O) groups excluding carboxylic acids is 1. The van der Waals surface area contributed by atoms with Crippen molar-refractivity contribution in [2.75, 3.05) is 14.2 Å². The standard InChI is InChI=1S/C15H15FN2O3/c1-18(15(20)12-4-3-5-14(19)17-12)9-10-6-7-13(21-2)11(16)8-10/h3-8H,9H2,1-2H3,(H,17,19). The Bertz CT molecular complexity index is 712. The first-order chi connectivity index (χ1) is 10.0. The third kappa shape index (κ3) is 3.47. The molecule has 0 aliphatic carbocycles. The van der Waals surface area contributed by atoms with Crippen LogP contribution < -0.4 is 10.3 Å². The van der Waals surface area contributed by atoms with E-state index in [2.05, 4.69) is 4.98 Å². The number of pyridine rings is 1. The van der Waals surface area contributed by atoms with E-state index in [1.165, 1.54) is 42.3 Å². The molecule has 0 unspecified atom stereocenters. The molecule has 1 N–H and O–H groups in total. The summed E-state index contributed by atoms with van der Waals surface area (Å²) in [6.07, 6.45) is 0. The largest absolute Gasteiger partial charge is 0.494 e. The van der Waals surface area contributed by atoms with Crippen LogP contribution >= 0.6 is 0 Å². The molecular weight excluding hydrogens is 275 g/mol. The van der Waals surface area contributed by atoms with Gasteiger partial charge in [-0.05, 0) is 23.8 Å². The highest BCUT2D eigenvalue weighted by molar-refractivity contribution is 5.91. The highest BCUT2D eigenvalue weighted by atomic mass is 19.1. The van der Waals surface area contributed by atoms with E-state index in [4.69, 9.17) is 4.74 Å². The number of hydrogen-bond acceptors (Lipinski definition) is 3. The van der Waals surface area contributed by atoms with Gasteiger partial charge in [-0.15, -0.1) is 0 Å². The van der Waals surface area contributed by atoms with E-state index in [1.807, 2.05) is 0 Å². The Morgan fingerprint density at radius 2 is 2.10 bits per heavy atom. The fourth-order valence-corrected chi connectivity index (χ4v) is 1.93. The monoisotopic (exact) mass is 290 g/mol. The number of aromatic amines is 1. The van der Waals surface area contributed by atoms with E-state index in [9.17, 15) is 14.0 Å². The molecule has 0 radical (unpaired) electrons. The summed E-state index contributed by atoms with van der Waals surface area (Å²) >= 11 is 0. The number of rotatable bonds is 4. The topological polar surface area (TPSA) is 62.4 Å². The van der Waals surface area contributed by atoms with E-state index in [1.54, 1.807) is 13.1 Å². The van der Waals surface area contributed by atoms with Crippen molar-refractivity contribution < 1.29 is 13.9 Å². The maximum atomic E-state index is 13.6. The number of ether oxygens (including phenoxy) is 1. The lowest BCUT2D eigenvalue weighted by atomic mass is 10.2. The van der Waals surface area contributed by atoms with Gasteiger partial charge in [0.1, 0.15) is 5.69 Å². The fraction of sp³-hybridized carbons (Fsp3) is 0.200. The summed E-state index contributed by atoms with van der Waals surface area (Å²) in [5.41, 5.74) is 0.478. The molecule has 1 aromatic heterocycles. The van der Waals surface area contributed by atoms with Gasteiger partial charge in [0.2, 0.25) is 5.56 Å². The quantitative estimate of drug-likeness (QED) is 0.934. The van der Waals surface area contributed by atoms with Gasteiger partial charge in [0.05, 0.1) is 7.11 Å². The number of hydrogen-bond donors (Lipinski definition) is 1. The molecule has 0 fully saturated rings. The highest BCUT2D eigenvalue weighted by Crippen LogP contribution is 2.18. The summed E-state index contributed by atoms with van der Waals surface area (Å²) in [5, 5.41) is 0. The predicted molar refractivity (Wildman–Crippen MR) is 75.8 cm³/mol. The van der Waals surface area contributed by atoms with Gasteiger partial charge in [-0.25, -0.2) is 4.39 Å². The second-order valence-corrected chi connectivity index (χ2v) is 4.56. The van der Waals surface area contributed by atoms with Gasteiger partial charge in [-0.3, -0.25) is 9.59 Å². The number of methoxy groups -OCH3 is 1. The first-order valence-corrected chi connectivity index (χ1v) is 6.28. The Balaban J connectivity index is 2.14. The Morgan fingerprint density at radius 1 is 1.33 bits per heavy atom. The normalized spacial score (nSPS) is 10.2. The number of halogens is 1. The van der Waals surface area contributed by atoms with Crippen LogP contribution in [-0.2, 0) is 6.54 Å². The number of benzene rings is 1. The maximum absolute atomic E-state index is 13.6. The van der Waals surface area contributed by atoms with Crippen LogP contribution in [-0.4, -0.2) is 29.9 Å². The van der Waals surface area contributed by atoms with Gasteiger partial charge in [-0.2, -0.15) is 0 Å². The Morgan fingerprint density at radius 3 is 2.71 bits per heavy atom. The summed E-state index contributed by atoms with van der Waals surface area (Å²) < 4.78 is 18.4. The van der Waals surface area contributed by atoms with E-state index < -0.39 is 5.82 Å². The van der Waals surface area contributed by atoms with Gasteiger partial charge < -0.3 is 14.6 Å². The minimum atomic E-state index is -0.482. The first-order valence-electron chi connectivity index (χ1n) is 6.28. The van der Waals surface area contributed by atoms with E-state index >= 15 is 0 Å². The number of H-pyrrole nitrogens is 1. The molecule has 0 aliphatic rings. The number of nitrogens with zero attached hydrogens (tertiary/aromatic N) is 1. The molecule has 1 heterocycles. The SMILES string of the molecule is COc1ccc(CN(C)C(=O)c2cccc(=O)[nH]2)cc1F. The second kappa shape index (κ2) is 6.21. The van der Waals surface area contributed by atoms with Gasteiger partial charge in [0.15, 0.2) is 11.6 Å². The molecule has 6 heteroatoms. The lowest BCUT2D eigenvalue weighted by Gasteiger charge is -2.17. The fourth-order valence-electron chi connectivity index (χ4n) is 1.93. The minimum absolute atomic E-state index is 0.153. The van der Waals surface area contributed by atoms with Crippen LogP contribution in [0.15, 0.2) is 41.2 Å². The van der Waals surface area contributed by atoms with Crippen molar-refractivity contribution in [2.24, 2.45) is 0 Å².